The molecule has 0 heterocycles. The summed E-state index contributed by atoms with van der Waals surface area (Å²) in [4.78, 5) is 0. The molecule has 0 rings (SSSR count). The standard InChI is InChI=1S/C2HF5Se/c3-1(4)8-2(5,6)7/h1H. The van der Waals surface area contributed by atoms with Crippen LogP contribution in [0.25, 0.3) is 0 Å². The van der Waals surface area contributed by atoms with E-state index in [1.54, 1.807) is 0 Å². The van der Waals surface area contributed by atoms with Crippen LogP contribution in [-0.2, 0) is 0 Å². The summed E-state index contributed by atoms with van der Waals surface area (Å²) in [5, 5.41) is -7.89. The molecule has 0 radical (unpaired) electrons. The van der Waals surface area contributed by atoms with Crippen LogP contribution >= 0.6 is 0 Å². The molecule has 0 aromatic carbocycles. The van der Waals surface area contributed by atoms with Crippen molar-refractivity contribution in [2.24, 2.45) is 0 Å². The fourth-order valence-electron chi connectivity index (χ4n) is 0.101. The van der Waals surface area contributed by atoms with E-state index >= 15 is 0 Å². The van der Waals surface area contributed by atoms with Crippen molar-refractivity contribution >= 4 is 15.0 Å². The van der Waals surface area contributed by atoms with Gasteiger partial charge < -0.3 is 0 Å². The minimum atomic E-state index is -4.67. The molecule has 0 aromatic rings. The Morgan fingerprint density at radius 1 is 1.12 bits per heavy atom. The molecule has 0 bridgehead atoms. The van der Waals surface area contributed by atoms with Crippen LogP contribution in [0.3, 0.4) is 0 Å². The Morgan fingerprint density at radius 3 is 1.50 bits per heavy atom. The minimum absolute atomic E-state index is 2.52. The molecule has 0 atom stereocenters. The molecule has 8 heavy (non-hydrogen) atoms. The molecule has 0 aliphatic rings. The van der Waals surface area contributed by atoms with Gasteiger partial charge in [0.2, 0.25) is 0 Å². The molecule has 0 fully saturated rings. The van der Waals surface area contributed by atoms with E-state index in [1.807, 2.05) is 0 Å². The molecule has 0 N–H and O–H groups in total. The van der Waals surface area contributed by atoms with Gasteiger partial charge in [0.15, 0.2) is 0 Å². The molecule has 0 saturated heterocycles. The molecular weight excluding hydrogens is 198 g/mol. The maximum absolute atomic E-state index is 10.9. The first-order valence-corrected chi connectivity index (χ1v) is 3.29. The van der Waals surface area contributed by atoms with Gasteiger partial charge in [-0.05, 0) is 0 Å². The Balaban J connectivity index is 3.39. The van der Waals surface area contributed by atoms with Gasteiger partial charge in [-0.15, -0.1) is 0 Å². The van der Waals surface area contributed by atoms with E-state index in [4.69, 9.17) is 0 Å². The van der Waals surface area contributed by atoms with Crippen molar-refractivity contribution in [3.63, 3.8) is 0 Å². The van der Waals surface area contributed by atoms with Crippen LogP contribution in [0, 0.1) is 0 Å². The van der Waals surface area contributed by atoms with Crippen molar-refractivity contribution in [3.05, 3.63) is 0 Å². The molecule has 0 spiro atoms. The number of hydrogen-bond acceptors (Lipinski definition) is 0. The predicted octanol–water partition coefficient (Wildman–Crippen LogP) is 1.43. The van der Waals surface area contributed by atoms with Crippen molar-refractivity contribution in [1.29, 1.82) is 0 Å². The summed E-state index contributed by atoms with van der Waals surface area (Å²) < 4.78 is 54.2. The molecule has 6 heteroatoms. The van der Waals surface area contributed by atoms with E-state index in [0.717, 1.165) is 0 Å². The Hall–Kier alpha value is 0.169. The maximum atomic E-state index is 10.9. The second-order valence-corrected chi connectivity index (χ2v) is 3.04. The van der Waals surface area contributed by atoms with E-state index in [0.29, 0.717) is 0 Å². The predicted molar refractivity (Wildman–Crippen MR) is 17.8 cm³/mol. The van der Waals surface area contributed by atoms with Crippen LogP contribution in [0.2, 0.25) is 0 Å². The second-order valence-electron chi connectivity index (χ2n) is 0.824. The molecule has 0 saturated carbocycles. The van der Waals surface area contributed by atoms with E-state index in [9.17, 15) is 22.0 Å². The molecule has 0 nitrogen and oxygen atoms in total. The fraction of sp³-hybridized carbons (Fsp3) is 1.00. The fourth-order valence-corrected chi connectivity index (χ4v) is 0.525. The second kappa shape index (κ2) is 2.64. The van der Waals surface area contributed by atoms with Crippen LogP contribution in [0.1, 0.15) is 0 Å². The molecule has 0 aromatic heterocycles. The van der Waals surface area contributed by atoms with Gasteiger partial charge in [0.25, 0.3) is 0 Å². The van der Waals surface area contributed by atoms with Crippen molar-refractivity contribution < 1.29 is 22.0 Å². The molecule has 0 aliphatic heterocycles. The quantitative estimate of drug-likeness (QED) is 0.442. The summed E-state index contributed by atoms with van der Waals surface area (Å²) in [6.07, 6.45) is 0. The Kier molecular flexibility index (Phi) is 2.69. The summed E-state index contributed by atoms with van der Waals surface area (Å²) >= 11 is -2.52. The van der Waals surface area contributed by atoms with Gasteiger partial charge in [0.1, 0.15) is 0 Å². The van der Waals surface area contributed by atoms with Crippen LogP contribution in [0.4, 0.5) is 22.0 Å². The van der Waals surface area contributed by atoms with Crippen molar-refractivity contribution in [2.45, 2.75) is 10.4 Å². The first-order valence-electron chi connectivity index (χ1n) is 1.44. The van der Waals surface area contributed by atoms with E-state index in [1.165, 1.54) is 0 Å². The van der Waals surface area contributed by atoms with Gasteiger partial charge in [0, 0.05) is 0 Å². The monoisotopic (exact) mass is 200 g/mol. The zero-order valence-electron chi connectivity index (χ0n) is 3.38. The number of rotatable bonds is 1. The van der Waals surface area contributed by atoms with Gasteiger partial charge in [0.05, 0.1) is 0 Å². The summed E-state index contributed by atoms with van der Waals surface area (Å²) in [5.74, 6) is 0. The van der Waals surface area contributed by atoms with Gasteiger partial charge in [-0.1, -0.05) is 0 Å². The summed E-state index contributed by atoms with van der Waals surface area (Å²) in [6.45, 7) is 0. The van der Waals surface area contributed by atoms with Crippen LogP contribution < -0.4 is 0 Å². The summed E-state index contributed by atoms with van der Waals surface area (Å²) in [7, 11) is 0. The molecule has 0 aliphatic carbocycles. The number of hydrogen-bond donors (Lipinski definition) is 0. The normalized spacial score (nSPS) is 12.8. The van der Waals surface area contributed by atoms with Crippen molar-refractivity contribution in [2.75, 3.05) is 0 Å². The Bertz CT molecular complexity index is 65.3. The van der Waals surface area contributed by atoms with Crippen LogP contribution in [-0.4, -0.2) is 25.4 Å². The third kappa shape index (κ3) is 6.17. The van der Waals surface area contributed by atoms with Crippen LogP contribution in [0.15, 0.2) is 0 Å². The van der Waals surface area contributed by atoms with E-state index in [-0.39, 0.29) is 0 Å². The third-order valence-electron chi connectivity index (χ3n) is 0.223. The zero-order chi connectivity index (χ0) is 6.78. The Labute approximate surface area is 48.2 Å². The Morgan fingerprint density at radius 2 is 1.50 bits per heavy atom. The van der Waals surface area contributed by atoms with Crippen molar-refractivity contribution in [3.8, 4) is 0 Å². The van der Waals surface area contributed by atoms with Gasteiger partial charge in [-0.3, -0.25) is 0 Å². The van der Waals surface area contributed by atoms with Gasteiger partial charge >= 0.3 is 47.3 Å². The van der Waals surface area contributed by atoms with Gasteiger partial charge in [-0.25, -0.2) is 0 Å². The average Bonchev–Trinajstić information content (AvgIpc) is 1.21. The first-order chi connectivity index (χ1) is 3.42. The van der Waals surface area contributed by atoms with E-state index in [2.05, 4.69) is 0 Å². The first kappa shape index (κ1) is 8.17. The van der Waals surface area contributed by atoms with Gasteiger partial charge in [-0.2, -0.15) is 0 Å². The SMILES string of the molecule is FC(F)[Se]C(F)(F)F. The van der Waals surface area contributed by atoms with Crippen molar-refractivity contribution in [1.82, 2.24) is 0 Å². The zero-order valence-corrected chi connectivity index (χ0v) is 5.09. The number of alkyl halides is 5. The summed E-state index contributed by atoms with van der Waals surface area (Å²) in [5.41, 5.74) is 0. The van der Waals surface area contributed by atoms with Crippen LogP contribution in [0.5, 0.6) is 0 Å². The molecular formula is C2HF5Se. The third-order valence-corrected chi connectivity index (χ3v) is 1.16. The summed E-state index contributed by atoms with van der Waals surface area (Å²) in [6, 6.07) is 0. The number of halogens is 5. The topological polar surface area (TPSA) is 0 Å². The molecule has 50 valence electrons. The molecule has 0 amide bonds. The molecule has 0 unspecified atom stereocenters. The average molecular weight is 199 g/mol. The van der Waals surface area contributed by atoms with E-state index < -0.39 is 25.4 Å².